The Morgan fingerprint density at radius 3 is 2.55 bits per heavy atom. The quantitative estimate of drug-likeness (QED) is 0.568. The zero-order chi connectivity index (χ0) is 14.9. The fourth-order valence-corrected chi connectivity index (χ4v) is 2.62. The number of para-hydroxylation sites is 2. The molecule has 0 radical (unpaired) electrons. The predicted molar refractivity (Wildman–Crippen MR) is 83.0 cm³/mol. The van der Waals surface area contributed by atoms with E-state index >= 15 is 0 Å². The molecule has 5 nitrogen and oxygen atoms in total. The lowest BCUT2D eigenvalue weighted by atomic mass is 10.1. The lowest BCUT2D eigenvalue weighted by Gasteiger charge is -2.07. The van der Waals surface area contributed by atoms with E-state index in [0.29, 0.717) is 11.5 Å². The van der Waals surface area contributed by atoms with Gasteiger partial charge < -0.3 is 0 Å². The van der Waals surface area contributed by atoms with E-state index in [1.54, 1.807) is 0 Å². The summed E-state index contributed by atoms with van der Waals surface area (Å²) in [5.41, 5.74) is 4.19. The number of rotatable bonds is 2. The molecule has 104 valence electrons. The van der Waals surface area contributed by atoms with Gasteiger partial charge in [0, 0.05) is 5.56 Å². The minimum absolute atomic E-state index is 0.212. The maximum atomic E-state index is 9.01. The maximum Gasteiger partial charge on any atom is 0.187 e. The van der Waals surface area contributed by atoms with Crippen molar-refractivity contribution in [3.63, 3.8) is 0 Å². The third-order valence-electron chi connectivity index (χ3n) is 3.58. The number of benzene rings is 2. The Morgan fingerprint density at radius 2 is 1.73 bits per heavy atom. The molecule has 0 saturated heterocycles. The monoisotopic (exact) mass is 285 g/mol. The summed E-state index contributed by atoms with van der Waals surface area (Å²) in [7, 11) is 0. The smallest absolute Gasteiger partial charge is 0.187 e. The first kappa shape index (κ1) is 12.5. The van der Waals surface area contributed by atoms with Crippen molar-refractivity contribution in [1.29, 1.82) is 5.26 Å². The van der Waals surface area contributed by atoms with Gasteiger partial charge in [-0.25, -0.2) is 4.98 Å². The van der Waals surface area contributed by atoms with E-state index in [9.17, 15) is 0 Å². The van der Waals surface area contributed by atoms with Gasteiger partial charge in [0.1, 0.15) is 5.69 Å². The van der Waals surface area contributed by atoms with Gasteiger partial charge >= 0.3 is 0 Å². The molecular weight excluding hydrogens is 274 g/mol. The van der Waals surface area contributed by atoms with Gasteiger partial charge in [-0.2, -0.15) is 5.26 Å². The molecule has 0 fully saturated rings. The zero-order valence-corrected chi connectivity index (χ0v) is 11.6. The Morgan fingerprint density at radius 1 is 0.955 bits per heavy atom. The SMILES string of the molecule is N#CCc1nnc2c(-c3ccccc3)nc3ccccc3n12. The first-order valence-electron chi connectivity index (χ1n) is 6.93. The Hall–Kier alpha value is -3.26. The highest BCUT2D eigenvalue weighted by Gasteiger charge is 2.15. The molecule has 0 aliphatic rings. The van der Waals surface area contributed by atoms with Crippen LogP contribution in [0, 0.1) is 11.3 Å². The van der Waals surface area contributed by atoms with Crippen LogP contribution in [0.15, 0.2) is 54.6 Å². The molecule has 5 heteroatoms. The average molecular weight is 285 g/mol. The highest BCUT2D eigenvalue weighted by Crippen LogP contribution is 2.26. The van der Waals surface area contributed by atoms with Crippen LogP contribution in [-0.2, 0) is 6.42 Å². The lowest BCUT2D eigenvalue weighted by Crippen LogP contribution is -1.99. The van der Waals surface area contributed by atoms with Crippen LogP contribution in [0.1, 0.15) is 5.82 Å². The summed E-state index contributed by atoms with van der Waals surface area (Å²) < 4.78 is 1.92. The van der Waals surface area contributed by atoms with Crippen LogP contribution in [0.5, 0.6) is 0 Å². The molecular formula is C17H11N5. The fraction of sp³-hybridized carbons (Fsp3) is 0.0588. The third kappa shape index (κ3) is 1.82. The summed E-state index contributed by atoms with van der Waals surface area (Å²) in [6.45, 7) is 0. The van der Waals surface area contributed by atoms with E-state index in [1.165, 1.54) is 0 Å². The molecule has 0 amide bonds. The van der Waals surface area contributed by atoms with Crippen molar-refractivity contribution in [1.82, 2.24) is 19.6 Å². The number of fused-ring (bicyclic) bond motifs is 3. The van der Waals surface area contributed by atoms with Crippen LogP contribution in [0.2, 0.25) is 0 Å². The maximum absolute atomic E-state index is 9.01. The second kappa shape index (κ2) is 4.93. The normalized spacial score (nSPS) is 10.9. The summed E-state index contributed by atoms with van der Waals surface area (Å²) in [6, 6.07) is 19.9. The van der Waals surface area contributed by atoms with Gasteiger partial charge in [0.15, 0.2) is 11.5 Å². The molecule has 4 rings (SSSR count). The van der Waals surface area contributed by atoms with Gasteiger partial charge in [-0.1, -0.05) is 42.5 Å². The number of hydrogen-bond acceptors (Lipinski definition) is 4. The molecule has 2 heterocycles. The van der Waals surface area contributed by atoms with Crippen molar-refractivity contribution in [3.05, 3.63) is 60.4 Å². The van der Waals surface area contributed by atoms with E-state index in [-0.39, 0.29) is 6.42 Å². The molecule has 2 aromatic carbocycles. The molecule has 0 bridgehead atoms. The molecule has 0 N–H and O–H groups in total. The van der Waals surface area contributed by atoms with Crippen LogP contribution in [0.3, 0.4) is 0 Å². The summed E-state index contributed by atoms with van der Waals surface area (Å²) in [5.74, 6) is 0.633. The summed E-state index contributed by atoms with van der Waals surface area (Å²) in [4.78, 5) is 4.74. The molecule has 0 spiro atoms. The molecule has 2 aromatic heterocycles. The summed E-state index contributed by atoms with van der Waals surface area (Å²) >= 11 is 0. The van der Waals surface area contributed by atoms with Gasteiger partial charge in [0.2, 0.25) is 0 Å². The Bertz CT molecular complexity index is 1010. The Kier molecular flexibility index (Phi) is 2.80. The molecule has 0 unspecified atom stereocenters. The van der Waals surface area contributed by atoms with Crippen molar-refractivity contribution in [2.75, 3.05) is 0 Å². The van der Waals surface area contributed by atoms with Gasteiger partial charge in [-0.05, 0) is 12.1 Å². The van der Waals surface area contributed by atoms with Gasteiger partial charge in [-0.3, -0.25) is 4.40 Å². The van der Waals surface area contributed by atoms with Crippen LogP contribution < -0.4 is 0 Å². The lowest BCUT2D eigenvalue weighted by molar-refractivity contribution is 0.971. The average Bonchev–Trinajstić information content (AvgIpc) is 3.00. The Labute approximate surface area is 126 Å². The molecule has 0 aliphatic carbocycles. The van der Waals surface area contributed by atoms with Crippen LogP contribution in [0.4, 0.5) is 0 Å². The third-order valence-corrected chi connectivity index (χ3v) is 3.58. The van der Waals surface area contributed by atoms with E-state index < -0.39 is 0 Å². The number of nitrogens with zero attached hydrogens (tertiary/aromatic N) is 5. The fourth-order valence-electron chi connectivity index (χ4n) is 2.62. The standard InChI is InChI=1S/C17H11N5/c18-11-10-15-20-21-17-16(12-6-2-1-3-7-12)19-13-8-4-5-9-14(13)22(15)17/h1-9H,10H2. The first-order chi connectivity index (χ1) is 10.9. The molecule has 4 aromatic rings. The second-order valence-electron chi connectivity index (χ2n) is 4.93. The first-order valence-corrected chi connectivity index (χ1v) is 6.93. The molecule has 0 aliphatic heterocycles. The second-order valence-corrected chi connectivity index (χ2v) is 4.93. The highest BCUT2D eigenvalue weighted by molar-refractivity contribution is 5.85. The van der Waals surface area contributed by atoms with E-state index in [1.807, 2.05) is 59.0 Å². The van der Waals surface area contributed by atoms with Crippen molar-refractivity contribution < 1.29 is 0 Å². The summed E-state index contributed by atoms with van der Waals surface area (Å²) in [6.07, 6.45) is 0.212. The molecule has 0 atom stereocenters. The highest BCUT2D eigenvalue weighted by atomic mass is 15.3. The van der Waals surface area contributed by atoms with Gasteiger partial charge in [0.05, 0.1) is 23.5 Å². The number of nitriles is 1. The summed E-state index contributed by atoms with van der Waals surface area (Å²) in [5, 5.41) is 17.4. The number of hydrogen-bond donors (Lipinski definition) is 0. The Balaban J connectivity index is 2.15. The van der Waals surface area contributed by atoms with Crippen molar-refractivity contribution in [3.8, 4) is 17.3 Å². The van der Waals surface area contributed by atoms with Gasteiger partial charge in [0.25, 0.3) is 0 Å². The van der Waals surface area contributed by atoms with E-state index in [4.69, 9.17) is 10.2 Å². The molecule has 22 heavy (non-hydrogen) atoms. The van der Waals surface area contributed by atoms with Crippen LogP contribution in [-0.4, -0.2) is 19.6 Å². The molecule has 0 saturated carbocycles. The van der Waals surface area contributed by atoms with Crippen LogP contribution in [0.25, 0.3) is 27.9 Å². The zero-order valence-electron chi connectivity index (χ0n) is 11.6. The van der Waals surface area contributed by atoms with Crippen molar-refractivity contribution in [2.24, 2.45) is 0 Å². The largest absolute Gasteiger partial charge is 0.275 e. The minimum Gasteiger partial charge on any atom is -0.275 e. The predicted octanol–water partition coefficient (Wildman–Crippen LogP) is 3.01. The minimum atomic E-state index is 0.212. The van der Waals surface area contributed by atoms with Crippen molar-refractivity contribution >= 4 is 16.7 Å². The van der Waals surface area contributed by atoms with E-state index in [2.05, 4.69) is 16.3 Å². The van der Waals surface area contributed by atoms with Crippen molar-refractivity contribution in [2.45, 2.75) is 6.42 Å². The van der Waals surface area contributed by atoms with Crippen LogP contribution >= 0.6 is 0 Å². The van der Waals surface area contributed by atoms with E-state index in [0.717, 1.165) is 22.3 Å². The van der Waals surface area contributed by atoms with Gasteiger partial charge in [-0.15, -0.1) is 10.2 Å². The number of aromatic nitrogens is 4. The topological polar surface area (TPSA) is 66.9 Å².